The van der Waals surface area contributed by atoms with Crippen LogP contribution in [0.1, 0.15) is 80.1 Å². The third-order valence-corrected chi connectivity index (χ3v) is 8.75. The molecule has 366 valence electrons. The first-order valence-electron chi connectivity index (χ1n) is 22.2. The Kier molecular flexibility index (Phi) is 36.6. The molecule has 0 saturated carbocycles. The summed E-state index contributed by atoms with van der Waals surface area (Å²) in [7, 11) is 1.83. The SMILES string of the molecule is BNCCCC[C@H](NC(C)=O)C(=O)NC(C(=O)N[C@@H](CCCNC(N)=O)C(=O)NCCOCCOCCOCCOCCOCCOCCOCCNC(=O)CC(C)(C)C)C(C)C. The molecule has 7 amide bonds. The fourth-order valence-electron chi connectivity index (χ4n) is 5.60. The lowest BCUT2D eigenvalue weighted by atomic mass is 9.92. The first-order chi connectivity index (χ1) is 30.1. The number of hydrogen-bond acceptors (Lipinski definition) is 14. The predicted molar refractivity (Wildman–Crippen MR) is 239 cm³/mol. The second-order valence-corrected chi connectivity index (χ2v) is 16.2. The Morgan fingerprint density at radius 3 is 1.40 bits per heavy atom. The van der Waals surface area contributed by atoms with Gasteiger partial charge >= 0.3 is 6.03 Å². The minimum atomic E-state index is -0.981. The molecule has 1 unspecified atom stereocenters. The van der Waals surface area contributed by atoms with Crippen molar-refractivity contribution in [3.63, 3.8) is 0 Å². The molecule has 63 heavy (non-hydrogen) atoms. The van der Waals surface area contributed by atoms with E-state index in [0.717, 1.165) is 13.0 Å². The highest BCUT2D eigenvalue weighted by Gasteiger charge is 2.31. The normalized spacial score (nSPS) is 12.9. The van der Waals surface area contributed by atoms with E-state index < -0.39 is 41.9 Å². The van der Waals surface area contributed by atoms with Crippen LogP contribution in [0.4, 0.5) is 4.79 Å². The molecule has 0 radical (unpaired) electrons. The first kappa shape index (κ1) is 59.4. The van der Waals surface area contributed by atoms with Gasteiger partial charge in [0.2, 0.25) is 29.5 Å². The number of nitrogens with one attached hydrogen (secondary N) is 7. The third-order valence-electron chi connectivity index (χ3n) is 8.75. The molecule has 0 aliphatic heterocycles. The van der Waals surface area contributed by atoms with E-state index in [1.807, 2.05) is 28.8 Å². The van der Waals surface area contributed by atoms with Gasteiger partial charge in [-0.1, -0.05) is 34.6 Å². The Morgan fingerprint density at radius 1 is 0.524 bits per heavy atom. The molecule has 0 saturated heterocycles. The highest BCUT2D eigenvalue weighted by atomic mass is 16.6. The highest BCUT2D eigenvalue weighted by molar-refractivity contribution is 6.04. The van der Waals surface area contributed by atoms with E-state index in [9.17, 15) is 28.8 Å². The van der Waals surface area contributed by atoms with Crippen molar-refractivity contribution in [2.45, 2.75) is 98.2 Å². The first-order valence-corrected chi connectivity index (χ1v) is 22.2. The summed E-state index contributed by atoms with van der Waals surface area (Å²) in [5, 5.41) is 19.3. The van der Waals surface area contributed by atoms with Gasteiger partial charge in [-0.15, -0.1) is 0 Å². The lowest BCUT2D eigenvalue weighted by molar-refractivity contribution is -0.134. The fourth-order valence-corrected chi connectivity index (χ4v) is 5.60. The second-order valence-electron chi connectivity index (χ2n) is 16.2. The van der Waals surface area contributed by atoms with E-state index in [-0.39, 0.29) is 49.3 Å². The van der Waals surface area contributed by atoms with Crippen LogP contribution in [0.5, 0.6) is 0 Å². The quantitative estimate of drug-likeness (QED) is 0.0261. The standard InChI is InChI=1S/C41H81BN8O13/c1-31(2)36(50-38(54)34(48-32(3)51)10-7-8-13-47-42)39(55)49-33(11-9-12-46-40(43)56)37(53)45-15-17-58-19-21-60-23-25-62-27-29-63-28-26-61-24-22-59-20-18-57-16-14-44-35(52)30-41(4,5)6/h31,33-34,36,47H,7-30,42H2,1-6H3,(H,44,52)(H,45,53)(H,48,51)(H,49,55)(H,50,54)(H3,43,46,56)/t33-,34-,36?/m0/s1. The largest absolute Gasteiger partial charge is 0.377 e. The molecule has 21 nitrogen and oxygen atoms in total. The summed E-state index contributed by atoms with van der Waals surface area (Å²) in [5.74, 6) is -2.17. The van der Waals surface area contributed by atoms with Crippen LogP contribution in [0.15, 0.2) is 0 Å². The molecule has 0 bridgehead atoms. The molecule has 0 fully saturated rings. The van der Waals surface area contributed by atoms with Crippen molar-refractivity contribution in [2.24, 2.45) is 17.1 Å². The average molecular weight is 905 g/mol. The molecule has 0 aromatic heterocycles. The Labute approximate surface area is 375 Å². The molecule has 0 aliphatic rings. The molecule has 9 N–H and O–H groups in total. The van der Waals surface area contributed by atoms with Crippen molar-refractivity contribution < 1.29 is 61.9 Å². The summed E-state index contributed by atoms with van der Waals surface area (Å²) in [6.45, 7) is 18.0. The molecule has 0 heterocycles. The average Bonchev–Trinajstić information content (AvgIpc) is 3.20. The van der Waals surface area contributed by atoms with E-state index in [0.29, 0.717) is 118 Å². The smallest absolute Gasteiger partial charge is 0.312 e. The molecule has 0 aromatic carbocycles. The molecule has 0 aromatic rings. The Bertz CT molecular complexity index is 1250. The van der Waals surface area contributed by atoms with Crippen LogP contribution >= 0.6 is 0 Å². The van der Waals surface area contributed by atoms with Crippen LogP contribution in [0, 0.1) is 11.3 Å². The van der Waals surface area contributed by atoms with Crippen molar-refractivity contribution >= 4 is 43.5 Å². The molecular weight excluding hydrogens is 823 g/mol. The molecule has 0 spiro atoms. The number of ether oxygens (including phenoxy) is 7. The summed E-state index contributed by atoms with van der Waals surface area (Å²) in [4.78, 5) is 74.6. The molecule has 0 aliphatic carbocycles. The highest BCUT2D eigenvalue weighted by Crippen LogP contribution is 2.17. The third kappa shape index (κ3) is 37.5. The number of amides is 7. The molecule has 0 rings (SSSR count). The lowest BCUT2D eigenvalue weighted by Gasteiger charge is -2.27. The van der Waals surface area contributed by atoms with Crippen LogP contribution in [-0.4, -0.2) is 180 Å². The number of primary amides is 1. The monoisotopic (exact) mass is 905 g/mol. The van der Waals surface area contributed by atoms with Crippen LogP contribution in [0.3, 0.4) is 0 Å². The molecule has 22 heteroatoms. The number of unbranched alkanes of at least 4 members (excludes halogenated alkanes) is 1. The van der Waals surface area contributed by atoms with E-state index >= 15 is 0 Å². The zero-order chi connectivity index (χ0) is 47.1. The van der Waals surface area contributed by atoms with Crippen molar-refractivity contribution in [3.05, 3.63) is 0 Å². The van der Waals surface area contributed by atoms with Crippen LogP contribution in [-0.2, 0) is 57.1 Å². The summed E-state index contributed by atoms with van der Waals surface area (Å²) < 4.78 is 38.5. The number of rotatable bonds is 41. The minimum Gasteiger partial charge on any atom is -0.377 e. The van der Waals surface area contributed by atoms with Gasteiger partial charge < -0.3 is 76.0 Å². The predicted octanol–water partition coefficient (Wildman–Crippen LogP) is -1.34. The van der Waals surface area contributed by atoms with Gasteiger partial charge in [-0.2, -0.15) is 0 Å². The van der Waals surface area contributed by atoms with Crippen molar-refractivity contribution in [3.8, 4) is 0 Å². The maximum atomic E-state index is 13.5. The van der Waals surface area contributed by atoms with Gasteiger partial charge in [-0.05, 0) is 50.0 Å². The maximum Gasteiger partial charge on any atom is 0.312 e. The minimum absolute atomic E-state index is 0.0249. The summed E-state index contributed by atoms with van der Waals surface area (Å²) in [6, 6.07) is -3.47. The number of nitrogens with two attached hydrogens (primary N) is 1. The van der Waals surface area contributed by atoms with Gasteiger partial charge in [0.05, 0.1) is 92.5 Å². The Balaban J connectivity index is 4.22. The van der Waals surface area contributed by atoms with Gasteiger partial charge in [0, 0.05) is 33.0 Å². The number of carbonyl (C=O) groups excluding carboxylic acids is 6. The number of carbonyl (C=O) groups is 6. The second kappa shape index (κ2) is 38.8. The Morgan fingerprint density at radius 2 is 0.968 bits per heavy atom. The van der Waals surface area contributed by atoms with Crippen molar-refractivity contribution in [1.29, 1.82) is 0 Å². The van der Waals surface area contributed by atoms with Gasteiger partial charge in [0.25, 0.3) is 0 Å². The van der Waals surface area contributed by atoms with Gasteiger partial charge in [-0.25, -0.2) is 4.79 Å². The van der Waals surface area contributed by atoms with Gasteiger partial charge in [0.1, 0.15) is 18.1 Å². The van der Waals surface area contributed by atoms with Crippen molar-refractivity contribution in [1.82, 2.24) is 37.1 Å². The van der Waals surface area contributed by atoms with Crippen LogP contribution in [0.25, 0.3) is 0 Å². The summed E-state index contributed by atoms with van der Waals surface area (Å²) in [6.07, 6.45) is 2.90. The summed E-state index contributed by atoms with van der Waals surface area (Å²) >= 11 is 0. The topological polar surface area (TPSA) is 277 Å². The summed E-state index contributed by atoms with van der Waals surface area (Å²) in [5.41, 5.74) is 5.12. The van der Waals surface area contributed by atoms with E-state index in [1.165, 1.54) is 6.92 Å². The van der Waals surface area contributed by atoms with Crippen molar-refractivity contribution in [2.75, 3.05) is 119 Å². The Hall–Kier alpha value is -3.64. The van der Waals surface area contributed by atoms with Crippen LogP contribution < -0.4 is 42.9 Å². The number of hydrogen-bond donors (Lipinski definition) is 8. The zero-order valence-corrected chi connectivity index (χ0v) is 39.2. The van der Waals surface area contributed by atoms with Crippen LogP contribution in [0.2, 0.25) is 0 Å². The fraction of sp³-hybridized carbons (Fsp3) is 0.854. The van der Waals surface area contributed by atoms with E-state index in [1.54, 1.807) is 13.8 Å². The zero-order valence-electron chi connectivity index (χ0n) is 39.2. The molecule has 3 atom stereocenters. The number of urea groups is 1. The van der Waals surface area contributed by atoms with Gasteiger partial charge in [0.15, 0.2) is 7.98 Å². The van der Waals surface area contributed by atoms with E-state index in [2.05, 4.69) is 37.1 Å². The lowest BCUT2D eigenvalue weighted by Crippen LogP contribution is -2.58. The molecular formula is C41H81BN8O13. The van der Waals surface area contributed by atoms with E-state index in [4.69, 9.17) is 38.9 Å². The maximum absolute atomic E-state index is 13.5. The van der Waals surface area contributed by atoms with Gasteiger partial charge in [-0.3, -0.25) is 24.0 Å².